The second-order valence-corrected chi connectivity index (χ2v) is 6.93. The van der Waals surface area contributed by atoms with Gasteiger partial charge in [-0.2, -0.15) is 13.2 Å². The predicted molar refractivity (Wildman–Crippen MR) is 75.9 cm³/mol. The van der Waals surface area contributed by atoms with E-state index in [1.54, 1.807) is 0 Å². The minimum atomic E-state index is -4.08. The predicted octanol–water partition coefficient (Wildman–Crippen LogP) is 2.19. The van der Waals surface area contributed by atoms with Crippen LogP contribution in [0.15, 0.2) is 0 Å². The van der Waals surface area contributed by atoms with E-state index in [9.17, 15) is 13.2 Å². The lowest BCUT2D eigenvalue weighted by Gasteiger charge is -2.36. The Morgan fingerprint density at radius 2 is 1.50 bits per heavy atom. The molecule has 1 atom stereocenters. The highest BCUT2D eigenvalue weighted by Crippen LogP contribution is 2.17. The van der Waals surface area contributed by atoms with Crippen LogP contribution in [0.2, 0.25) is 0 Å². The molecule has 0 aromatic rings. The summed E-state index contributed by atoms with van der Waals surface area (Å²) in [6.07, 6.45) is -4.08. The third-order valence-corrected chi connectivity index (χ3v) is 3.42. The Kier molecular flexibility index (Phi) is 6.28. The molecule has 1 unspecified atom stereocenters. The summed E-state index contributed by atoms with van der Waals surface area (Å²) < 4.78 is 36.9. The molecule has 0 amide bonds. The first kappa shape index (κ1) is 17.7. The quantitative estimate of drug-likeness (QED) is 0.839. The second kappa shape index (κ2) is 7.09. The van der Waals surface area contributed by atoms with Crippen LogP contribution in [0, 0.1) is 5.92 Å². The van der Waals surface area contributed by atoms with Gasteiger partial charge in [-0.25, -0.2) is 0 Å². The van der Waals surface area contributed by atoms with Gasteiger partial charge in [0, 0.05) is 38.3 Å². The molecule has 1 aliphatic rings. The SMILES string of the molecule is CC(CNC(C)(C)C)CN1CCN(CC(F)(F)F)CC1. The van der Waals surface area contributed by atoms with Gasteiger partial charge in [0.25, 0.3) is 0 Å². The first-order valence-corrected chi connectivity index (χ1v) is 7.32. The van der Waals surface area contributed by atoms with Crippen molar-refractivity contribution in [2.24, 2.45) is 5.92 Å². The number of rotatable bonds is 5. The van der Waals surface area contributed by atoms with Crippen LogP contribution in [-0.2, 0) is 0 Å². The highest BCUT2D eigenvalue weighted by molar-refractivity contribution is 4.77. The van der Waals surface area contributed by atoms with E-state index in [2.05, 4.69) is 37.9 Å². The number of alkyl halides is 3. The van der Waals surface area contributed by atoms with Gasteiger partial charge in [0.2, 0.25) is 0 Å². The fourth-order valence-corrected chi connectivity index (χ4v) is 2.37. The standard InChI is InChI=1S/C14H28F3N3/c1-12(9-18-13(2,3)4)10-19-5-7-20(8-6-19)11-14(15,16)17/h12,18H,5-11H2,1-4H3. The molecule has 0 spiro atoms. The minimum absolute atomic E-state index is 0.111. The Balaban J connectivity index is 2.22. The van der Waals surface area contributed by atoms with Gasteiger partial charge in [-0.05, 0) is 33.2 Å². The Hall–Kier alpha value is -0.330. The zero-order chi connectivity index (χ0) is 15.4. The molecule has 1 rings (SSSR count). The first-order valence-electron chi connectivity index (χ1n) is 7.32. The average molecular weight is 295 g/mol. The highest BCUT2D eigenvalue weighted by Gasteiger charge is 2.32. The maximum atomic E-state index is 12.3. The van der Waals surface area contributed by atoms with Crippen LogP contribution < -0.4 is 5.32 Å². The summed E-state index contributed by atoms with van der Waals surface area (Å²) in [6, 6.07) is 0. The summed E-state index contributed by atoms with van der Waals surface area (Å²) in [5.41, 5.74) is 0.111. The molecule has 1 N–H and O–H groups in total. The molecule has 0 aromatic carbocycles. The van der Waals surface area contributed by atoms with Gasteiger partial charge in [-0.1, -0.05) is 6.92 Å². The van der Waals surface area contributed by atoms with Crippen LogP contribution in [-0.4, -0.2) is 67.3 Å². The Bertz CT molecular complexity index is 278. The largest absolute Gasteiger partial charge is 0.401 e. The lowest BCUT2D eigenvalue weighted by Crippen LogP contribution is -2.50. The van der Waals surface area contributed by atoms with E-state index >= 15 is 0 Å². The maximum absolute atomic E-state index is 12.3. The maximum Gasteiger partial charge on any atom is 0.401 e. The molecule has 1 fully saturated rings. The fourth-order valence-electron chi connectivity index (χ4n) is 2.37. The molecule has 0 bridgehead atoms. The number of hydrogen-bond acceptors (Lipinski definition) is 3. The van der Waals surface area contributed by atoms with Gasteiger partial charge < -0.3 is 10.2 Å². The number of nitrogens with zero attached hydrogens (tertiary/aromatic N) is 2. The summed E-state index contributed by atoms with van der Waals surface area (Å²) in [4.78, 5) is 3.76. The molecule has 0 radical (unpaired) electrons. The number of piperazine rings is 1. The van der Waals surface area contributed by atoms with E-state index in [0.29, 0.717) is 19.0 Å². The monoisotopic (exact) mass is 295 g/mol. The van der Waals surface area contributed by atoms with Crippen molar-refractivity contribution in [1.82, 2.24) is 15.1 Å². The highest BCUT2D eigenvalue weighted by atomic mass is 19.4. The van der Waals surface area contributed by atoms with Crippen LogP contribution >= 0.6 is 0 Å². The number of hydrogen-bond donors (Lipinski definition) is 1. The van der Waals surface area contributed by atoms with Crippen LogP contribution in [0.5, 0.6) is 0 Å². The molecule has 0 saturated carbocycles. The van der Waals surface area contributed by atoms with E-state index < -0.39 is 12.7 Å². The fraction of sp³-hybridized carbons (Fsp3) is 1.00. The molecule has 1 saturated heterocycles. The second-order valence-electron chi connectivity index (χ2n) is 6.93. The number of halogens is 3. The lowest BCUT2D eigenvalue weighted by molar-refractivity contribution is -0.149. The van der Waals surface area contributed by atoms with Crippen molar-refractivity contribution < 1.29 is 13.2 Å². The van der Waals surface area contributed by atoms with E-state index in [-0.39, 0.29) is 5.54 Å². The van der Waals surface area contributed by atoms with E-state index in [4.69, 9.17) is 0 Å². The zero-order valence-electron chi connectivity index (χ0n) is 13.1. The van der Waals surface area contributed by atoms with Crippen molar-refractivity contribution >= 4 is 0 Å². The zero-order valence-corrected chi connectivity index (χ0v) is 13.1. The Labute approximate surface area is 120 Å². The topological polar surface area (TPSA) is 18.5 Å². The molecule has 20 heavy (non-hydrogen) atoms. The van der Waals surface area contributed by atoms with Crippen molar-refractivity contribution in [3.63, 3.8) is 0 Å². The van der Waals surface area contributed by atoms with Crippen molar-refractivity contribution in [1.29, 1.82) is 0 Å². The van der Waals surface area contributed by atoms with Crippen molar-refractivity contribution in [3.8, 4) is 0 Å². The third kappa shape index (κ3) is 8.07. The summed E-state index contributed by atoms with van der Waals surface area (Å²) in [5.74, 6) is 0.503. The molecule has 1 aliphatic heterocycles. The number of nitrogens with one attached hydrogen (secondary N) is 1. The van der Waals surface area contributed by atoms with Gasteiger partial charge >= 0.3 is 6.18 Å². The minimum Gasteiger partial charge on any atom is -0.312 e. The summed E-state index contributed by atoms with van der Waals surface area (Å²) in [6.45, 7) is 12.2. The van der Waals surface area contributed by atoms with Crippen molar-refractivity contribution in [2.45, 2.75) is 39.4 Å². The van der Waals surface area contributed by atoms with Gasteiger partial charge in [-0.15, -0.1) is 0 Å². The Morgan fingerprint density at radius 3 is 1.95 bits per heavy atom. The lowest BCUT2D eigenvalue weighted by atomic mass is 10.1. The summed E-state index contributed by atoms with van der Waals surface area (Å²) in [7, 11) is 0. The third-order valence-electron chi connectivity index (χ3n) is 3.42. The Morgan fingerprint density at radius 1 is 1.00 bits per heavy atom. The smallest absolute Gasteiger partial charge is 0.312 e. The molecule has 6 heteroatoms. The van der Waals surface area contributed by atoms with Crippen LogP contribution in [0.4, 0.5) is 13.2 Å². The molecular weight excluding hydrogens is 267 g/mol. The van der Waals surface area contributed by atoms with E-state index in [1.807, 2.05) is 0 Å². The van der Waals surface area contributed by atoms with E-state index in [1.165, 1.54) is 4.90 Å². The first-order chi connectivity index (χ1) is 9.05. The van der Waals surface area contributed by atoms with Gasteiger partial charge in [-0.3, -0.25) is 4.90 Å². The normalized spacial score (nSPS) is 21.1. The molecule has 0 aliphatic carbocycles. The molecule has 0 aromatic heterocycles. The van der Waals surface area contributed by atoms with E-state index in [0.717, 1.165) is 26.2 Å². The van der Waals surface area contributed by atoms with Crippen molar-refractivity contribution in [2.75, 3.05) is 45.8 Å². The van der Waals surface area contributed by atoms with Crippen LogP contribution in [0.1, 0.15) is 27.7 Å². The van der Waals surface area contributed by atoms with Crippen molar-refractivity contribution in [3.05, 3.63) is 0 Å². The molecule has 120 valence electrons. The molecule has 3 nitrogen and oxygen atoms in total. The average Bonchev–Trinajstić information content (AvgIpc) is 2.26. The van der Waals surface area contributed by atoms with Gasteiger partial charge in [0.15, 0.2) is 0 Å². The molecular formula is C14H28F3N3. The van der Waals surface area contributed by atoms with Crippen LogP contribution in [0.25, 0.3) is 0 Å². The van der Waals surface area contributed by atoms with Gasteiger partial charge in [0.1, 0.15) is 0 Å². The molecule has 1 heterocycles. The summed E-state index contributed by atoms with van der Waals surface area (Å²) >= 11 is 0. The van der Waals surface area contributed by atoms with Gasteiger partial charge in [0.05, 0.1) is 6.54 Å². The van der Waals surface area contributed by atoms with Crippen LogP contribution in [0.3, 0.4) is 0 Å². The summed E-state index contributed by atoms with van der Waals surface area (Å²) in [5, 5.41) is 3.47.